The van der Waals surface area contributed by atoms with Crippen molar-refractivity contribution in [1.82, 2.24) is 10.2 Å². The van der Waals surface area contributed by atoms with Gasteiger partial charge in [0.1, 0.15) is 0 Å². The van der Waals surface area contributed by atoms with Gasteiger partial charge < -0.3 is 15.0 Å². The van der Waals surface area contributed by atoms with Gasteiger partial charge in [-0.3, -0.25) is 9.59 Å². The minimum absolute atomic E-state index is 0.0538. The number of rotatable bonds is 5. The van der Waals surface area contributed by atoms with Gasteiger partial charge in [-0.2, -0.15) is 0 Å². The van der Waals surface area contributed by atoms with Crippen LogP contribution in [0.25, 0.3) is 0 Å². The summed E-state index contributed by atoms with van der Waals surface area (Å²) >= 11 is 0. The van der Waals surface area contributed by atoms with E-state index in [-0.39, 0.29) is 23.8 Å². The molecule has 1 heterocycles. The molecule has 1 spiro atoms. The average molecular weight is 399 g/mol. The number of methoxy groups -OCH3 is 1. The van der Waals surface area contributed by atoms with Gasteiger partial charge in [-0.25, -0.2) is 0 Å². The zero-order chi connectivity index (χ0) is 20.3. The van der Waals surface area contributed by atoms with E-state index in [1.54, 1.807) is 7.11 Å². The van der Waals surface area contributed by atoms with E-state index in [1.807, 2.05) is 29.2 Å². The third-order valence-electron chi connectivity index (χ3n) is 7.27. The van der Waals surface area contributed by atoms with Crippen LogP contribution in [-0.2, 0) is 9.53 Å². The number of fused-ring (bicyclic) bond motifs is 1. The molecule has 4 rings (SSSR count). The van der Waals surface area contributed by atoms with E-state index >= 15 is 0 Å². The summed E-state index contributed by atoms with van der Waals surface area (Å²) in [6.07, 6.45) is 10.9. The first kappa shape index (κ1) is 20.4. The van der Waals surface area contributed by atoms with Crippen molar-refractivity contribution in [2.24, 2.45) is 0 Å². The zero-order valence-corrected chi connectivity index (χ0v) is 17.6. The van der Waals surface area contributed by atoms with Gasteiger partial charge in [-0.15, -0.1) is 0 Å². The van der Waals surface area contributed by atoms with Crippen molar-refractivity contribution >= 4 is 11.8 Å². The van der Waals surface area contributed by atoms with E-state index in [0.29, 0.717) is 18.7 Å². The fraction of sp³-hybridized carbons (Fsp3) is 0.667. The monoisotopic (exact) mass is 398 g/mol. The topological polar surface area (TPSA) is 58.6 Å². The fourth-order valence-corrected chi connectivity index (χ4v) is 5.88. The SMILES string of the molecule is COCCN1C(=O)c2ccccc2C(C(=O)NC2CCCCCC2)C12CCCC2. The quantitative estimate of drug-likeness (QED) is 0.762. The summed E-state index contributed by atoms with van der Waals surface area (Å²) in [5.74, 6) is -0.127. The zero-order valence-electron chi connectivity index (χ0n) is 17.6. The molecule has 1 aromatic carbocycles. The fourth-order valence-electron chi connectivity index (χ4n) is 5.88. The van der Waals surface area contributed by atoms with Crippen LogP contribution in [0.3, 0.4) is 0 Å². The lowest BCUT2D eigenvalue weighted by Gasteiger charge is -2.50. The minimum Gasteiger partial charge on any atom is -0.383 e. The first-order valence-electron chi connectivity index (χ1n) is 11.4. The van der Waals surface area contributed by atoms with Crippen molar-refractivity contribution in [3.63, 3.8) is 0 Å². The number of carbonyl (C=O) groups is 2. The number of nitrogens with one attached hydrogen (secondary N) is 1. The maximum Gasteiger partial charge on any atom is 0.254 e. The van der Waals surface area contributed by atoms with Crippen LogP contribution in [0.5, 0.6) is 0 Å². The Morgan fingerprint density at radius 2 is 1.79 bits per heavy atom. The number of nitrogens with zero attached hydrogens (tertiary/aromatic N) is 1. The second-order valence-electron chi connectivity index (χ2n) is 8.98. The average Bonchev–Trinajstić information content (AvgIpc) is 3.05. The number of benzene rings is 1. The van der Waals surface area contributed by atoms with Crippen molar-refractivity contribution in [1.29, 1.82) is 0 Å². The molecular weight excluding hydrogens is 364 g/mol. The minimum atomic E-state index is -0.418. The largest absolute Gasteiger partial charge is 0.383 e. The van der Waals surface area contributed by atoms with Crippen LogP contribution < -0.4 is 5.32 Å². The van der Waals surface area contributed by atoms with Gasteiger partial charge in [0.15, 0.2) is 0 Å². The summed E-state index contributed by atoms with van der Waals surface area (Å²) in [5.41, 5.74) is 1.18. The van der Waals surface area contributed by atoms with Crippen LogP contribution in [0.2, 0.25) is 0 Å². The summed E-state index contributed by atoms with van der Waals surface area (Å²) in [6.45, 7) is 1.03. The van der Waals surface area contributed by atoms with Crippen LogP contribution >= 0.6 is 0 Å². The molecule has 1 aromatic rings. The highest BCUT2D eigenvalue weighted by molar-refractivity contribution is 6.02. The first-order chi connectivity index (χ1) is 14.2. The Labute approximate surface area is 174 Å². The lowest BCUT2D eigenvalue weighted by Crippen LogP contribution is -2.61. The molecule has 2 saturated carbocycles. The molecule has 1 unspecified atom stereocenters. The van der Waals surface area contributed by atoms with E-state index in [4.69, 9.17) is 4.74 Å². The van der Waals surface area contributed by atoms with Crippen molar-refractivity contribution in [2.75, 3.05) is 20.3 Å². The van der Waals surface area contributed by atoms with Gasteiger partial charge in [0.25, 0.3) is 5.91 Å². The molecule has 29 heavy (non-hydrogen) atoms. The van der Waals surface area contributed by atoms with E-state index < -0.39 is 5.54 Å². The Morgan fingerprint density at radius 3 is 2.48 bits per heavy atom. The molecule has 1 aliphatic heterocycles. The van der Waals surface area contributed by atoms with E-state index in [2.05, 4.69) is 5.32 Å². The van der Waals surface area contributed by atoms with Gasteiger partial charge in [0.2, 0.25) is 5.91 Å². The van der Waals surface area contributed by atoms with Gasteiger partial charge in [0.05, 0.1) is 18.1 Å². The Balaban J connectivity index is 1.70. The normalized spacial score (nSPS) is 24.4. The standard InChI is InChI=1S/C24H34N2O3/c1-29-17-16-26-23(28)20-13-7-6-12-19(20)21(24(26)14-8-9-15-24)22(27)25-18-10-4-2-3-5-11-18/h6-7,12-13,18,21H,2-5,8-11,14-17H2,1H3,(H,25,27). The molecule has 2 fully saturated rings. The molecule has 5 nitrogen and oxygen atoms in total. The molecular formula is C24H34N2O3. The lowest BCUT2D eigenvalue weighted by atomic mass is 9.71. The number of hydrogen-bond acceptors (Lipinski definition) is 3. The van der Waals surface area contributed by atoms with E-state index in [0.717, 1.165) is 44.1 Å². The maximum absolute atomic E-state index is 13.7. The molecule has 2 amide bonds. The highest BCUT2D eigenvalue weighted by atomic mass is 16.5. The second kappa shape index (κ2) is 8.86. The molecule has 158 valence electrons. The molecule has 0 saturated heterocycles. The van der Waals surface area contributed by atoms with Gasteiger partial charge in [-0.1, -0.05) is 56.7 Å². The summed E-state index contributed by atoms with van der Waals surface area (Å²) in [5, 5.41) is 3.40. The second-order valence-corrected chi connectivity index (χ2v) is 8.98. The van der Waals surface area contributed by atoms with Crippen molar-refractivity contribution in [3.8, 4) is 0 Å². The third-order valence-corrected chi connectivity index (χ3v) is 7.27. The summed E-state index contributed by atoms with van der Waals surface area (Å²) in [4.78, 5) is 29.1. The molecule has 5 heteroatoms. The Bertz CT molecular complexity index is 733. The number of ether oxygens (including phenoxy) is 1. The highest BCUT2D eigenvalue weighted by Gasteiger charge is 2.55. The summed E-state index contributed by atoms with van der Waals surface area (Å²) in [7, 11) is 1.67. The predicted molar refractivity (Wildman–Crippen MR) is 113 cm³/mol. The molecule has 1 N–H and O–H groups in total. The van der Waals surface area contributed by atoms with E-state index in [1.165, 1.54) is 25.7 Å². The number of carbonyl (C=O) groups excluding carboxylic acids is 2. The molecule has 3 aliphatic rings. The summed E-state index contributed by atoms with van der Waals surface area (Å²) in [6, 6.07) is 8.01. The van der Waals surface area contributed by atoms with Crippen molar-refractivity contribution < 1.29 is 14.3 Å². The first-order valence-corrected chi connectivity index (χ1v) is 11.4. The highest BCUT2D eigenvalue weighted by Crippen LogP contribution is 2.50. The van der Waals surface area contributed by atoms with Crippen LogP contribution in [0, 0.1) is 0 Å². The summed E-state index contributed by atoms with van der Waals surface area (Å²) < 4.78 is 5.32. The Hall–Kier alpha value is -1.88. The number of amides is 2. The smallest absolute Gasteiger partial charge is 0.254 e. The maximum atomic E-state index is 13.7. The van der Waals surface area contributed by atoms with Crippen molar-refractivity contribution in [3.05, 3.63) is 35.4 Å². The molecule has 0 radical (unpaired) electrons. The molecule has 2 aliphatic carbocycles. The van der Waals surface area contributed by atoms with Crippen LogP contribution in [0.15, 0.2) is 24.3 Å². The Morgan fingerprint density at radius 1 is 1.10 bits per heavy atom. The number of hydrogen-bond donors (Lipinski definition) is 1. The van der Waals surface area contributed by atoms with Gasteiger partial charge in [-0.05, 0) is 37.3 Å². The van der Waals surface area contributed by atoms with Gasteiger partial charge in [0, 0.05) is 25.3 Å². The predicted octanol–water partition coefficient (Wildman–Crippen LogP) is 4.02. The third kappa shape index (κ3) is 3.81. The molecule has 0 aromatic heterocycles. The molecule has 0 bridgehead atoms. The van der Waals surface area contributed by atoms with Crippen molar-refractivity contribution in [2.45, 2.75) is 81.7 Å². The van der Waals surface area contributed by atoms with Crippen LogP contribution in [0.1, 0.15) is 86.0 Å². The lowest BCUT2D eigenvalue weighted by molar-refractivity contribution is -0.127. The Kier molecular flexibility index (Phi) is 6.23. The van der Waals surface area contributed by atoms with E-state index in [9.17, 15) is 9.59 Å². The van der Waals surface area contributed by atoms with Gasteiger partial charge >= 0.3 is 0 Å². The van der Waals surface area contributed by atoms with Crippen LogP contribution in [0.4, 0.5) is 0 Å². The van der Waals surface area contributed by atoms with Crippen LogP contribution in [-0.4, -0.2) is 48.6 Å². The molecule has 1 atom stereocenters.